The average Bonchev–Trinajstić information content (AvgIpc) is 3.09. The summed E-state index contributed by atoms with van der Waals surface area (Å²) in [7, 11) is 0. The van der Waals surface area contributed by atoms with Crippen molar-refractivity contribution in [1.29, 1.82) is 0 Å². The van der Waals surface area contributed by atoms with Gasteiger partial charge < -0.3 is 11.1 Å². The van der Waals surface area contributed by atoms with Gasteiger partial charge in [-0.2, -0.15) is 0 Å². The molecule has 108 valence electrons. The molecular formula is C16H16N2OS2. The van der Waals surface area contributed by atoms with E-state index in [1.165, 1.54) is 20.7 Å². The van der Waals surface area contributed by atoms with Gasteiger partial charge >= 0.3 is 0 Å². The molecule has 2 heterocycles. The third-order valence-corrected chi connectivity index (χ3v) is 5.42. The number of nitrogens with one attached hydrogen (secondary N) is 1. The summed E-state index contributed by atoms with van der Waals surface area (Å²) in [5.74, 6) is -0.0105. The highest BCUT2D eigenvalue weighted by atomic mass is 32.1. The van der Waals surface area contributed by atoms with Crippen molar-refractivity contribution in [3.8, 4) is 0 Å². The number of rotatable bonds is 5. The Labute approximate surface area is 131 Å². The number of carbonyl (C=O) groups excluding carboxylic acids is 1. The number of amides is 1. The third kappa shape index (κ3) is 3.32. The Morgan fingerprint density at radius 1 is 1.19 bits per heavy atom. The first kappa shape index (κ1) is 14.3. The fraction of sp³-hybridized carbons (Fsp3) is 0.188. The van der Waals surface area contributed by atoms with Crippen LogP contribution in [0.2, 0.25) is 0 Å². The number of hydrogen-bond acceptors (Lipinski definition) is 4. The van der Waals surface area contributed by atoms with E-state index in [0.29, 0.717) is 6.54 Å². The highest BCUT2D eigenvalue weighted by Crippen LogP contribution is 2.29. The zero-order valence-electron chi connectivity index (χ0n) is 11.4. The highest BCUT2D eigenvalue weighted by Gasteiger charge is 2.11. The molecule has 3 rings (SSSR count). The second kappa shape index (κ2) is 6.39. The van der Waals surface area contributed by atoms with E-state index in [-0.39, 0.29) is 11.9 Å². The number of hydrogen-bond donors (Lipinski definition) is 2. The van der Waals surface area contributed by atoms with E-state index >= 15 is 0 Å². The molecule has 5 heteroatoms. The Bertz CT molecular complexity index is 704. The summed E-state index contributed by atoms with van der Waals surface area (Å²) in [5.41, 5.74) is 7.22. The molecule has 0 spiro atoms. The summed E-state index contributed by atoms with van der Waals surface area (Å²) < 4.78 is 2.34. The van der Waals surface area contributed by atoms with Crippen LogP contribution in [0.1, 0.15) is 27.7 Å². The minimum Gasteiger partial charge on any atom is -0.351 e. The van der Waals surface area contributed by atoms with Gasteiger partial charge in [-0.05, 0) is 29.5 Å². The first-order chi connectivity index (χ1) is 10.2. The number of carbonyl (C=O) groups is 1. The van der Waals surface area contributed by atoms with Gasteiger partial charge in [0.1, 0.15) is 0 Å². The van der Waals surface area contributed by atoms with Crippen molar-refractivity contribution in [2.45, 2.75) is 12.5 Å². The third-order valence-electron chi connectivity index (χ3n) is 3.33. The summed E-state index contributed by atoms with van der Waals surface area (Å²) in [4.78, 5) is 12.9. The lowest BCUT2D eigenvalue weighted by atomic mass is 10.1. The second-order valence-electron chi connectivity index (χ2n) is 4.82. The van der Waals surface area contributed by atoms with Crippen LogP contribution >= 0.6 is 22.7 Å². The van der Waals surface area contributed by atoms with Crippen LogP contribution in [-0.4, -0.2) is 12.5 Å². The molecule has 2 aromatic heterocycles. The highest BCUT2D eigenvalue weighted by molar-refractivity contribution is 7.27. The lowest BCUT2D eigenvalue weighted by molar-refractivity contribution is 0.0956. The van der Waals surface area contributed by atoms with Crippen LogP contribution in [0.15, 0.2) is 47.8 Å². The van der Waals surface area contributed by atoms with E-state index in [9.17, 15) is 4.79 Å². The number of nitrogens with two attached hydrogens (primary N) is 1. The van der Waals surface area contributed by atoms with Crippen molar-refractivity contribution in [1.82, 2.24) is 5.32 Å². The van der Waals surface area contributed by atoms with E-state index in [0.717, 1.165) is 16.9 Å². The lowest BCUT2D eigenvalue weighted by Crippen LogP contribution is -2.26. The van der Waals surface area contributed by atoms with Crippen molar-refractivity contribution < 1.29 is 4.79 Å². The quantitative estimate of drug-likeness (QED) is 0.752. The summed E-state index contributed by atoms with van der Waals surface area (Å²) >= 11 is 3.20. The molecule has 1 aromatic carbocycles. The molecule has 0 aliphatic carbocycles. The van der Waals surface area contributed by atoms with Crippen molar-refractivity contribution in [2.24, 2.45) is 5.73 Å². The van der Waals surface area contributed by atoms with Gasteiger partial charge in [-0.1, -0.05) is 30.3 Å². The molecule has 1 atom stereocenters. The molecule has 3 aromatic rings. The predicted octanol–water partition coefficient (Wildman–Crippen LogP) is 3.78. The van der Waals surface area contributed by atoms with E-state index < -0.39 is 0 Å². The Kier molecular flexibility index (Phi) is 4.34. The van der Waals surface area contributed by atoms with Crippen molar-refractivity contribution in [3.05, 3.63) is 58.3 Å². The fourth-order valence-electron chi connectivity index (χ4n) is 2.17. The van der Waals surface area contributed by atoms with Crippen LogP contribution in [0.4, 0.5) is 0 Å². The molecule has 1 amide bonds. The summed E-state index contributed by atoms with van der Waals surface area (Å²) in [6.07, 6.45) is 0.732. The molecule has 0 saturated carbocycles. The van der Waals surface area contributed by atoms with Crippen LogP contribution in [0, 0.1) is 0 Å². The standard InChI is InChI=1S/C16H16N2OS2/c17-12(11-4-2-1-3-5-11)6-8-18-16(19)15-10-14-13(21-15)7-9-20-14/h1-5,7,9-10,12H,6,8,17H2,(H,18,19). The normalized spacial score (nSPS) is 12.4. The van der Waals surface area contributed by atoms with Gasteiger partial charge in [0.2, 0.25) is 0 Å². The molecule has 0 fully saturated rings. The molecule has 1 unspecified atom stereocenters. The molecule has 0 bridgehead atoms. The van der Waals surface area contributed by atoms with E-state index in [1.807, 2.05) is 47.8 Å². The van der Waals surface area contributed by atoms with E-state index in [4.69, 9.17) is 5.73 Å². The smallest absolute Gasteiger partial charge is 0.261 e. The predicted molar refractivity (Wildman–Crippen MR) is 90.0 cm³/mol. The van der Waals surface area contributed by atoms with Gasteiger partial charge in [0.15, 0.2) is 0 Å². The van der Waals surface area contributed by atoms with Gasteiger partial charge in [-0.15, -0.1) is 22.7 Å². The lowest BCUT2D eigenvalue weighted by Gasteiger charge is -2.12. The van der Waals surface area contributed by atoms with E-state index in [1.54, 1.807) is 11.3 Å². The minimum atomic E-state index is -0.0432. The molecule has 21 heavy (non-hydrogen) atoms. The van der Waals surface area contributed by atoms with Crippen LogP contribution in [-0.2, 0) is 0 Å². The van der Waals surface area contributed by atoms with Gasteiger partial charge in [-0.3, -0.25) is 4.79 Å². The van der Waals surface area contributed by atoms with Gasteiger partial charge in [-0.25, -0.2) is 0 Å². The number of fused-ring (bicyclic) bond motifs is 1. The molecular weight excluding hydrogens is 300 g/mol. The summed E-state index contributed by atoms with van der Waals surface area (Å²) in [5, 5.41) is 4.99. The van der Waals surface area contributed by atoms with E-state index in [2.05, 4.69) is 5.32 Å². The maximum absolute atomic E-state index is 12.1. The van der Waals surface area contributed by atoms with Crippen LogP contribution in [0.25, 0.3) is 9.40 Å². The van der Waals surface area contributed by atoms with Gasteiger partial charge in [0.25, 0.3) is 5.91 Å². The number of thiophene rings is 2. The van der Waals surface area contributed by atoms with Crippen LogP contribution in [0.5, 0.6) is 0 Å². The largest absolute Gasteiger partial charge is 0.351 e. The SMILES string of the molecule is NC(CCNC(=O)c1cc2sccc2s1)c1ccccc1. The monoisotopic (exact) mass is 316 g/mol. The summed E-state index contributed by atoms with van der Waals surface area (Å²) in [6, 6.07) is 13.9. The molecule has 0 aliphatic heterocycles. The van der Waals surface area contributed by atoms with Crippen molar-refractivity contribution in [2.75, 3.05) is 6.54 Å². The molecule has 0 radical (unpaired) electrons. The topological polar surface area (TPSA) is 55.1 Å². The zero-order valence-corrected chi connectivity index (χ0v) is 13.0. The van der Waals surface area contributed by atoms with Gasteiger partial charge in [0, 0.05) is 22.0 Å². The van der Waals surface area contributed by atoms with Crippen LogP contribution in [0.3, 0.4) is 0 Å². The Morgan fingerprint density at radius 3 is 2.76 bits per heavy atom. The Balaban J connectivity index is 1.53. The minimum absolute atomic E-state index is 0.0105. The maximum atomic E-state index is 12.1. The van der Waals surface area contributed by atoms with Crippen LogP contribution < -0.4 is 11.1 Å². The Hall–Kier alpha value is -1.69. The fourth-order valence-corrected chi connectivity index (χ4v) is 4.20. The summed E-state index contributed by atoms with van der Waals surface area (Å²) in [6.45, 7) is 0.584. The molecule has 0 aliphatic rings. The maximum Gasteiger partial charge on any atom is 0.261 e. The average molecular weight is 316 g/mol. The van der Waals surface area contributed by atoms with Crippen molar-refractivity contribution in [3.63, 3.8) is 0 Å². The molecule has 3 N–H and O–H groups in total. The van der Waals surface area contributed by atoms with Crippen molar-refractivity contribution >= 4 is 38.0 Å². The van der Waals surface area contributed by atoms with Gasteiger partial charge in [0.05, 0.1) is 4.88 Å². The Morgan fingerprint density at radius 2 is 2.00 bits per heavy atom. The zero-order chi connectivity index (χ0) is 14.7. The molecule has 0 saturated heterocycles. The number of benzene rings is 1. The first-order valence-corrected chi connectivity index (χ1v) is 8.49. The first-order valence-electron chi connectivity index (χ1n) is 6.80. The second-order valence-corrected chi connectivity index (χ2v) is 6.85. The molecule has 3 nitrogen and oxygen atoms in total.